The summed E-state index contributed by atoms with van der Waals surface area (Å²) in [5.41, 5.74) is 3.05. The van der Waals surface area contributed by atoms with Crippen LogP contribution in [-0.2, 0) is 6.42 Å². The van der Waals surface area contributed by atoms with Gasteiger partial charge in [0.2, 0.25) is 0 Å². The average molecular weight is 303 g/mol. The third-order valence-electron chi connectivity index (χ3n) is 3.08. The zero-order chi connectivity index (χ0) is 13.9. The van der Waals surface area contributed by atoms with Gasteiger partial charge in [0.25, 0.3) is 0 Å². The molecule has 1 heterocycles. The molecule has 0 unspecified atom stereocenters. The highest BCUT2D eigenvalue weighted by molar-refractivity contribution is 6.33. The number of H-pyrrole nitrogens is 1. The molecule has 2 aromatic carbocycles. The first kappa shape index (κ1) is 13.2. The topological polar surface area (TPSA) is 28.7 Å². The summed E-state index contributed by atoms with van der Waals surface area (Å²) in [5, 5.41) is 1.46. The minimum atomic E-state index is 0.717. The van der Waals surface area contributed by atoms with Crippen molar-refractivity contribution in [1.29, 1.82) is 0 Å². The van der Waals surface area contributed by atoms with Gasteiger partial charge in [0.05, 0.1) is 11.9 Å². The molecule has 0 atom stereocenters. The van der Waals surface area contributed by atoms with E-state index in [1.165, 1.54) is 0 Å². The van der Waals surface area contributed by atoms with Gasteiger partial charge in [-0.3, -0.25) is 0 Å². The first-order valence-corrected chi connectivity index (χ1v) is 7.01. The number of halogens is 2. The van der Waals surface area contributed by atoms with Crippen LogP contribution < -0.4 is 0 Å². The van der Waals surface area contributed by atoms with Crippen LogP contribution in [0.4, 0.5) is 0 Å². The van der Waals surface area contributed by atoms with E-state index >= 15 is 0 Å². The lowest BCUT2D eigenvalue weighted by molar-refractivity contribution is 1.03. The third-order valence-corrected chi connectivity index (χ3v) is 3.66. The summed E-state index contributed by atoms with van der Waals surface area (Å²) < 4.78 is 0. The van der Waals surface area contributed by atoms with E-state index in [1.54, 1.807) is 0 Å². The van der Waals surface area contributed by atoms with E-state index in [9.17, 15) is 0 Å². The predicted molar refractivity (Wildman–Crippen MR) is 83.3 cm³/mol. The molecule has 0 fully saturated rings. The Labute approximate surface area is 127 Å². The SMILES string of the molecule is Clc1ccc(Cc2ncc(-c3ccccc3Cl)[nH]2)cc1. The fraction of sp³-hybridized carbons (Fsp3) is 0.0625. The van der Waals surface area contributed by atoms with Crippen LogP contribution in [0.15, 0.2) is 54.7 Å². The second-order valence-electron chi connectivity index (χ2n) is 4.53. The number of aromatic amines is 1. The van der Waals surface area contributed by atoms with Crippen molar-refractivity contribution in [2.75, 3.05) is 0 Å². The maximum absolute atomic E-state index is 6.18. The molecule has 100 valence electrons. The van der Waals surface area contributed by atoms with E-state index in [-0.39, 0.29) is 0 Å². The number of rotatable bonds is 3. The molecule has 0 spiro atoms. The third kappa shape index (κ3) is 2.87. The Morgan fingerprint density at radius 1 is 0.950 bits per heavy atom. The minimum absolute atomic E-state index is 0.717. The Kier molecular flexibility index (Phi) is 3.77. The van der Waals surface area contributed by atoms with Gasteiger partial charge >= 0.3 is 0 Å². The Balaban J connectivity index is 1.84. The Hall–Kier alpha value is -1.77. The van der Waals surface area contributed by atoms with Gasteiger partial charge in [0, 0.05) is 22.0 Å². The molecular weight excluding hydrogens is 291 g/mol. The lowest BCUT2D eigenvalue weighted by atomic mass is 10.1. The standard InChI is InChI=1S/C16H12Cl2N2/c17-12-7-5-11(6-8-12)9-16-19-10-15(20-16)13-3-1-2-4-14(13)18/h1-8,10H,9H2,(H,19,20). The molecule has 0 bridgehead atoms. The molecule has 2 nitrogen and oxygen atoms in total. The summed E-state index contributed by atoms with van der Waals surface area (Å²) in [7, 11) is 0. The van der Waals surface area contributed by atoms with Gasteiger partial charge in [0.15, 0.2) is 0 Å². The van der Waals surface area contributed by atoms with Crippen LogP contribution in [0.5, 0.6) is 0 Å². The van der Waals surface area contributed by atoms with Crippen molar-refractivity contribution in [3.05, 3.63) is 76.2 Å². The van der Waals surface area contributed by atoms with Gasteiger partial charge in [-0.05, 0) is 23.8 Å². The lowest BCUT2D eigenvalue weighted by Gasteiger charge is -2.01. The first-order valence-electron chi connectivity index (χ1n) is 6.25. The predicted octanol–water partition coefficient (Wildman–Crippen LogP) is 4.97. The number of imidazole rings is 1. The molecule has 0 aliphatic carbocycles. The van der Waals surface area contributed by atoms with Crippen LogP contribution in [0.25, 0.3) is 11.3 Å². The van der Waals surface area contributed by atoms with Crippen LogP contribution >= 0.6 is 23.2 Å². The fourth-order valence-corrected chi connectivity index (χ4v) is 2.43. The summed E-state index contributed by atoms with van der Waals surface area (Å²) >= 11 is 12.1. The first-order chi connectivity index (χ1) is 9.72. The number of aromatic nitrogens is 2. The second kappa shape index (κ2) is 5.70. The normalized spacial score (nSPS) is 10.7. The quantitative estimate of drug-likeness (QED) is 0.726. The lowest BCUT2D eigenvalue weighted by Crippen LogP contribution is -1.90. The summed E-state index contributed by atoms with van der Waals surface area (Å²) in [6.07, 6.45) is 2.55. The highest BCUT2D eigenvalue weighted by atomic mass is 35.5. The molecule has 3 aromatic rings. The number of nitrogens with zero attached hydrogens (tertiary/aromatic N) is 1. The van der Waals surface area contributed by atoms with Gasteiger partial charge in [-0.25, -0.2) is 4.98 Å². The van der Waals surface area contributed by atoms with E-state index in [0.717, 1.165) is 34.1 Å². The molecule has 1 aromatic heterocycles. The zero-order valence-corrected chi connectivity index (χ0v) is 12.1. The van der Waals surface area contributed by atoms with Crippen molar-refractivity contribution in [3.8, 4) is 11.3 Å². The van der Waals surface area contributed by atoms with Gasteiger partial charge < -0.3 is 4.98 Å². The van der Waals surface area contributed by atoms with E-state index < -0.39 is 0 Å². The van der Waals surface area contributed by atoms with Crippen LogP contribution in [0.3, 0.4) is 0 Å². The fourth-order valence-electron chi connectivity index (χ4n) is 2.06. The molecule has 1 N–H and O–H groups in total. The van der Waals surface area contributed by atoms with E-state index in [4.69, 9.17) is 23.2 Å². The van der Waals surface area contributed by atoms with E-state index in [0.29, 0.717) is 5.02 Å². The molecule has 20 heavy (non-hydrogen) atoms. The number of benzene rings is 2. The molecule has 0 radical (unpaired) electrons. The molecule has 0 amide bonds. The Morgan fingerprint density at radius 2 is 1.70 bits per heavy atom. The molecule has 0 saturated carbocycles. The molecule has 3 rings (SSSR count). The van der Waals surface area contributed by atoms with Crippen molar-refractivity contribution in [1.82, 2.24) is 9.97 Å². The van der Waals surface area contributed by atoms with Gasteiger partial charge in [-0.1, -0.05) is 53.5 Å². The van der Waals surface area contributed by atoms with Gasteiger partial charge in [-0.2, -0.15) is 0 Å². The highest BCUT2D eigenvalue weighted by Crippen LogP contribution is 2.26. The highest BCUT2D eigenvalue weighted by Gasteiger charge is 2.07. The van der Waals surface area contributed by atoms with Crippen LogP contribution in [0, 0.1) is 0 Å². The number of nitrogens with one attached hydrogen (secondary N) is 1. The zero-order valence-electron chi connectivity index (χ0n) is 10.6. The van der Waals surface area contributed by atoms with Crippen LogP contribution in [-0.4, -0.2) is 9.97 Å². The van der Waals surface area contributed by atoms with Crippen molar-refractivity contribution < 1.29 is 0 Å². The molecule has 0 aliphatic rings. The second-order valence-corrected chi connectivity index (χ2v) is 5.37. The summed E-state index contributed by atoms with van der Waals surface area (Å²) in [6.45, 7) is 0. The largest absolute Gasteiger partial charge is 0.342 e. The van der Waals surface area contributed by atoms with Crippen LogP contribution in [0.1, 0.15) is 11.4 Å². The van der Waals surface area contributed by atoms with E-state index in [2.05, 4.69) is 9.97 Å². The van der Waals surface area contributed by atoms with Crippen molar-refractivity contribution >= 4 is 23.2 Å². The summed E-state index contributed by atoms with van der Waals surface area (Å²) in [5.74, 6) is 0.905. The monoisotopic (exact) mass is 302 g/mol. The molecular formula is C16H12Cl2N2. The van der Waals surface area contributed by atoms with Crippen molar-refractivity contribution in [3.63, 3.8) is 0 Å². The van der Waals surface area contributed by atoms with Crippen molar-refractivity contribution in [2.45, 2.75) is 6.42 Å². The molecule has 0 saturated heterocycles. The Morgan fingerprint density at radius 3 is 2.45 bits per heavy atom. The number of hydrogen-bond donors (Lipinski definition) is 1. The summed E-state index contributed by atoms with van der Waals surface area (Å²) in [4.78, 5) is 7.71. The van der Waals surface area contributed by atoms with Gasteiger partial charge in [0.1, 0.15) is 5.82 Å². The minimum Gasteiger partial charge on any atom is -0.342 e. The maximum Gasteiger partial charge on any atom is 0.110 e. The Bertz CT molecular complexity index is 717. The van der Waals surface area contributed by atoms with Gasteiger partial charge in [-0.15, -0.1) is 0 Å². The van der Waals surface area contributed by atoms with Crippen molar-refractivity contribution in [2.24, 2.45) is 0 Å². The molecule has 4 heteroatoms. The summed E-state index contributed by atoms with van der Waals surface area (Å²) in [6, 6.07) is 15.5. The molecule has 0 aliphatic heterocycles. The number of hydrogen-bond acceptors (Lipinski definition) is 1. The maximum atomic E-state index is 6.18. The smallest absolute Gasteiger partial charge is 0.110 e. The van der Waals surface area contributed by atoms with E-state index in [1.807, 2.05) is 54.7 Å². The average Bonchev–Trinajstić information content (AvgIpc) is 2.90. The van der Waals surface area contributed by atoms with Crippen LogP contribution in [0.2, 0.25) is 10.0 Å².